The van der Waals surface area contributed by atoms with Crippen molar-refractivity contribution in [3.8, 4) is 0 Å². The van der Waals surface area contributed by atoms with Gasteiger partial charge in [-0.25, -0.2) is 4.39 Å². The quantitative estimate of drug-likeness (QED) is 0.903. The van der Waals surface area contributed by atoms with Gasteiger partial charge in [0.25, 0.3) is 0 Å². The molecule has 1 unspecified atom stereocenters. The van der Waals surface area contributed by atoms with E-state index in [0.29, 0.717) is 17.5 Å². The lowest BCUT2D eigenvalue weighted by molar-refractivity contribution is 0.173. The highest BCUT2D eigenvalue weighted by Gasteiger charge is 2.15. The molecule has 1 aromatic carbocycles. The van der Waals surface area contributed by atoms with E-state index in [1.807, 2.05) is 13.1 Å². The zero-order valence-electron chi connectivity index (χ0n) is 10.6. The number of benzene rings is 1. The van der Waals surface area contributed by atoms with Crippen LogP contribution in [0.5, 0.6) is 0 Å². The van der Waals surface area contributed by atoms with Crippen LogP contribution >= 0.6 is 0 Å². The van der Waals surface area contributed by atoms with Crippen LogP contribution < -0.4 is 0 Å². The summed E-state index contributed by atoms with van der Waals surface area (Å²) < 4.78 is 15.6. The smallest absolute Gasteiger partial charge is 0.131 e. The fourth-order valence-electron chi connectivity index (χ4n) is 1.95. The number of aromatic nitrogens is 2. The van der Waals surface area contributed by atoms with Gasteiger partial charge < -0.3 is 5.11 Å². The van der Waals surface area contributed by atoms with Crippen molar-refractivity contribution < 1.29 is 9.50 Å². The van der Waals surface area contributed by atoms with E-state index in [2.05, 4.69) is 5.10 Å². The number of rotatable bonds is 4. The average molecular weight is 248 g/mol. The Morgan fingerprint density at radius 2 is 2.22 bits per heavy atom. The second-order valence-electron chi connectivity index (χ2n) is 4.40. The predicted molar refractivity (Wildman–Crippen MR) is 67.7 cm³/mol. The fourth-order valence-corrected chi connectivity index (χ4v) is 1.95. The van der Waals surface area contributed by atoms with E-state index in [1.165, 1.54) is 0 Å². The second kappa shape index (κ2) is 5.31. The molecular formula is C14H17FN2O. The molecule has 1 heterocycles. The van der Waals surface area contributed by atoms with Crippen LogP contribution in [-0.4, -0.2) is 14.9 Å². The highest BCUT2D eigenvalue weighted by Crippen LogP contribution is 2.22. The van der Waals surface area contributed by atoms with Gasteiger partial charge >= 0.3 is 0 Å². The second-order valence-corrected chi connectivity index (χ2v) is 4.40. The number of aliphatic hydroxyl groups is 1. The van der Waals surface area contributed by atoms with E-state index in [-0.39, 0.29) is 5.82 Å². The monoisotopic (exact) mass is 248 g/mol. The third kappa shape index (κ3) is 2.59. The summed E-state index contributed by atoms with van der Waals surface area (Å²) in [6.07, 6.45) is 3.12. The van der Waals surface area contributed by atoms with Crippen LogP contribution in [0.25, 0.3) is 0 Å². The van der Waals surface area contributed by atoms with Gasteiger partial charge in [0.15, 0.2) is 0 Å². The summed E-state index contributed by atoms with van der Waals surface area (Å²) >= 11 is 0. The molecule has 0 radical (unpaired) electrons. The topological polar surface area (TPSA) is 38.0 Å². The van der Waals surface area contributed by atoms with Crippen molar-refractivity contribution in [3.63, 3.8) is 0 Å². The maximum absolute atomic E-state index is 13.8. The van der Waals surface area contributed by atoms with E-state index < -0.39 is 6.10 Å². The number of hydrogen-bond donors (Lipinski definition) is 1. The number of aryl methyl sites for hydroxylation is 2. The summed E-state index contributed by atoms with van der Waals surface area (Å²) in [6.45, 7) is 4.48. The Bertz CT molecular complexity index is 536. The van der Waals surface area contributed by atoms with Crippen molar-refractivity contribution in [1.82, 2.24) is 9.78 Å². The van der Waals surface area contributed by atoms with Crippen LogP contribution in [0.2, 0.25) is 0 Å². The average Bonchev–Trinajstić information content (AvgIpc) is 2.80. The Balaban J connectivity index is 2.16. The van der Waals surface area contributed by atoms with Crippen molar-refractivity contribution in [2.75, 3.05) is 0 Å². The van der Waals surface area contributed by atoms with Gasteiger partial charge in [0.1, 0.15) is 5.82 Å². The first-order valence-corrected chi connectivity index (χ1v) is 6.06. The molecule has 0 spiro atoms. The summed E-state index contributed by atoms with van der Waals surface area (Å²) in [5.74, 6) is -0.326. The molecule has 0 aliphatic heterocycles. The summed E-state index contributed by atoms with van der Waals surface area (Å²) in [7, 11) is 0. The number of hydrogen-bond acceptors (Lipinski definition) is 2. The van der Waals surface area contributed by atoms with E-state index in [1.54, 1.807) is 36.0 Å². The predicted octanol–water partition coefficient (Wildman–Crippen LogP) is 2.63. The van der Waals surface area contributed by atoms with E-state index in [4.69, 9.17) is 0 Å². The maximum atomic E-state index is 13.8. The largest absolute Gasteiger partial charge is 0.388 e. The van der Waals surface area contributed by atoms with Crippen molar-refractivity contribution in [2.45, 2.75) is 32.9 Å². The van der Waals surface area contributed by atoms with E-state index >= 15 is 0 Å². The third-order valence-corrected chi connectivity index (χ3v) is 3.02. The lowest BCUT2D eigenvalue weighted by Gasteiger charge is -2.12. The Morgan fingerprint density at radius 3 is 2.89 bits per heavy atom. The van der Waals surface area contributed by atoms with Gasteiger partial charge in [-0.15, -0.1) is 0 Å². The summed E-state index contributed by atoms with van der Waals surface area (Å²) in [6, 6.07) is 5.07. The summed E-state index contributed by atoms with van der Waals surface area (Å²) in [5.41, 5.74) is 1.81. The van der Waals surface area contributed by atoms with Gasteiger partial charge in [-0.2, -0.15) is 5.10 Å². The molecule has 4 heteroatoms. The fraction of sp³-hybridized carbons (Fsp3) is 0.357. The first-order valence-electron chi connectivity index (χ1n) is 6.06. The van der Waals surface area contributed by atoms with E-state index in [9.17, 15) is 9.50 Å². The molecule has 2 rings (SSSR count). The standard InChI is InChI=1S/C14H17FN2O/c1-3-17-9-11(8-16-17)7-13(18)12-6-4-5-10(2)14(12)15/h4-6,8-9,13,18H,3,7H2,1-2H3. The van der Waals surface area contributed by atoms with Crippen LogP contribution in [0.4, 0.5) is 4.39 Å². The summed E-state index contributed by atoms with van der Waals surface area (Å²) in [5, 5.41) is 14.2. The van der Waals surface area contributed by atoms with Gasteiger partial charge in [0.05, 0.1) is 12.3 Å². The van der Waals surface area contributed by atoms with Gasteiger partial charge in [-0.3, -0.25) is 4.68 Å². The number of halogens is 1. The molecule has 0 amide bonds. The molecule has 0 aliphatic carbocycles. The maximum Gasteiger partial charge on any atom is 0.131 e. The first kappa shape index (κ1) is 12.8. The zero-order chi connectivity index (χ0) is 13.1. The van der Waals surface area contributed by atoms with Gasteiger partial charge in [0.2, 0.25) is 0 Å². The molecule has 1 aromatic heterocycles. The van der Waals surface area contributed by atoms with Crippen LogP contribution in [0, 0.1) is 12.7 Å². The first-order chi connectivity index (χ1) is 8.61. The molecular weight excluding hydrogens is 231 g/mol. The molecule has 18 heavy (non-hydrogen) atoms. The van der Waals surface area contributed by atoms with Gasteiger partial charge in [-0.05, 0) is 25.0 Å². The highest BCUT2D eigenvalue weighted by molar-refractivity contribution is 5.27. The lowest BCUT2D eigenvalue weighted by Crippen LogP contribution is -2.05. The summed E-state index contributed by atoms with van der Waals surface area (Å²) in [4.78, 5) is 0. The molecule has 3 nitrogen and oxygen atoms in total. The minimum atomic E-state index is -0.834. The molecule has 96 valence electrons. The van der Waals surface area contributed by atoms with Gasteiger partial charge in [-0.1, -0.05) is 18.2 Å². The zero-order valence-corrected chi connectivity index (χ0v) is 10.6. The van der Waals surface area contributed by atoms with Crippen LogP contribution in [0.15, 0.2) is 30.6 Å². The SMILES string of the molecule is CCn1cc(CC(O)c2cccc(C)c2F)cn1. The highest BCUT2D eigenvalue weighted by atomic mass is 19.1. The molecule has 0 saturated heterocycles. The normalized spacial score (nSPS) is 12.7. The van der Waals surface area contributed by atoms with Gasteiger partial charge in [0, 0.05) is 24.7 Å². The molecule has 0 fully saturated rings. The minimum absolute atomic E-state index is 0.326. The Labute approximate surface area is 106 Å². The number of aliphatic hydroxyl groups excluding tert-OH is 1. The van der Waals surface area contributed by atoms with Crippen molar-refractivity contribution >= 4 is 0 Å². The lowest BCUT2D eigenvalue weighted by atomic mass is 10.0. The molecule has 0 aliphatic rings. The molecule has 1 atom stereocenters. The van der Waals surface area contributed by atoms with Crippen molar-refractivity contribution in [2.24, 2.45) is 0 Å². The van der Waals surface area contributed by atoms with Crippen molar-refractivity contribution in [1.29, 1.82) is 0 Å². The Morgan fingerprint density at radius 1 is 1.44 bits per heavy atom. The molecule has 1 N–H and O–H groups in total. The minimum Gasteiger partial charge on any atom is -0.388 e. The number of nitrogens with zero attached hydrogens (tertiary/aromatic N) is 2. The van der Waals surface area contributed by atoms with Crippen molar-refractivity contribution in [3.05, 3.63) is 53.1 Å². The van der Waals surface area contributed by atoms with E-state index in [0.717, 1.165) is 12.1 Å². The van der Waals surface area contributed by atoms with Crippen LogP contribution in [0.1, 0.15) is 29.7 Å². The Kier molecular flexibility index (Phi) is 3.77. The molecule has 0 saturated carbocycles. The molecule has 0 bridgehead atoms. The third-order valence-electron chi connectivity index (χ3n) is 3.02. The van der Waals surface area contributed by atoms with Crippen LogP contribution in [-0.2, 0) is 13.0 Å². The molecule has 2 aromatic rings. The Hall–Kier alpha value is -1.68. The van der Waals surface area contributed by atoms with Crippen LogP contribution in [0.3, 0.4) is 0 Å².